The Kier molecular flexibility index (Phi) is 5.30. The summed E-state index contributed by atoms with van der Waals surface area (Å²) >= 11 is 0. The molecular formula is C22H26N4O2. The van der Waals surface area contributed by atoms with Crippen LogP contribution in [0.5, 0.6) is 0 Å². The Morgan fingerprint density at radius 1 is 1.14 bits per heavy atom. The summed E-state index contributed by atoms with van der Waals surface area (Å²) in [6.45, 7) is 1.35. The Morgan fingerprint density at radius 2 is 1.86 bits per heavy atom. The maximum absolute atomic E-state index is 13.2. The van der Waals surface area contributed by atoms with Crippen molar-refractivity contribution >= 4 is 5.91 Å². The van der Waals surface area contributed by atoms with E-state index in [0.717, 1.165) is 24.2 Å². The summed E-state index contributed by atoms with van der Waals surface area (Å²) in [4.78, 5) is 17.7. The summed E-state index contributed by atoms with van der Waals surface area (Å²) in [7, 11) is 1.95. The molecule has 6 heteroatoms. The molecule has 1 N–H and O–H groups in total. The van der Waals surface area contributed by atoms with Crippen molar-refractivity contribution in [2.75, 3.05) is 13.2 Å². The fourth-order valence-corrected chi connectivity index (χ4v) is 4.04. The van der Waals surface area contributed by atoms with Crippen molar-refractivity contribution in [1.29, 1.82) is 0 Å². The molecule has 1 fully saturated rings. The zero-order valence-electron chi connectivity index (χ0n) is 16.1. The van der Waals surface area contributed by atoms with Gasteiger partial charge in [-0.3, -0.25) is 4.79 Å². The number of nitrogens with one attached hydrogen (secondary N) is 1. The van der Waals surface area contributed by atoms with Crippen LogP contribution in [0.4, 0.5) is 0 Å². The zero-order valence-corrected chi connectivity index (χ0v) is 16.1. The summed E-state index contributed by atoms with van der Waals surface area (Å²) in [6.07, 6.45) is 9.83. The molecule has 0 aliphatic carbocycles. The summed E-state index contributed by atoms with van der Waals surface area (Å²) < 4.78 is 9.70. The van der Waals surface area contributed by atoms with Gasteiger partial charge < -0.3 is 19.2 Å². The third-order valence-electron chi connectivity index (χ3n) is 5.62. The molecule has 1 amide bonds. The monoisotopic (exact) mass is 378 g/mol. The van der Waals surface area contributed by atoms with Crippen LogP contribution in [-0.4, -0.2) is 33.2 Å². The molecule has 0 saturated carbocycles. The number of hydrogen-bond acceptors (Lipinski definition) is 3. The number of ether oxygens (including phenoxy) is 1. The molecule has 1 aliphatic rings. The van der Waals surface area contributed by atoms with E-state index in [9.17, 15) is 4.79 Å². The fraction of sp³-hybridized carbons (Fsp3) is 0.364. The number of aryl methyl sites for hydroxylation is 1. The number of benzene rings is 1. The largest absolute Gasteiger partial charge is 0.381 e. The molecule has 0 spiro atoms. The van der Waals surface area contributed by atoms with Gasteiger partial charge >= 0.3 is 0 Å². The van der Waals surface area contributed by atoms with Gasteiger partial charge in [0.15, 0.2) is 0 Å². The molecule has 0 bridgehead atoms. The van der Waals surface area contributed by atoms with Crippen LogP contribution >= 0.6 is 0 Å². The van der Waals surface area contributed by atoms with Crippen LogP contribution < -0.4 is 5.32 Å². The van der Waals surface area contributed by atoms with Gasteiger partial charge in [0.1, 0.15) is 11.9 Å². The Morgan fingerprint density at radius 3 is 2.50 bits per heavy atom. The van der Waals surface area contributed by atoms with E-state index in [1.807, 2.05) is 72.7 Å². The van der Waals surface area contributed by atoms with Gasteiger partial charge in [0, 0.05) is 45.0 Å². The number of amides is 1. The molecule has 0 unspecified atom stereocenters. The Bertz CT molecular complexity index is 896. The minimum Gasteiger partial charge on any atom is -0.381 e. The Labute approximate surface area is 165 Å². The summed E-state index contributed by atoms with van der Waals surface area (Å²) in [5.41, 5.74) is 0.779. The topological polar surface area (TPSA) is 61.1 Å². The molecule has 4 rings (SSSR count). The number of rotatable bonds is 6. The number of hydrogen-bond donors (Lipinski definition) is 1. The van der Waals surface area contributed by atoms with Crippen molar-refractivity contribution < 1.29 is 9.53 Å². The first-order valence-electron chi connectivity index (χ1n) is 9.71. The van der Waals surface area contributed by atoms with Crippen LogP contribution in [0.2, 0.25) is 0 Å². The van der Waals surface area contributed by atoms with E-state index in [1.54, 1.807) is 6.20 Å². The molecular weight excluding hydrogens is 352 g/mol. The second kappa shape index (κ2) is 8.02. The van der Waals surface area contributed by atoms with Gasteiger partial charge in [-0.15, -0.1) is 0 Å². The molecule has 1 atom stereocenters. The maximum Gasteiger partial charge on any atom is 0.223 e. The van der Waals surface area contributed by atoms with E-state index in [4.69, 9.17) is 4.74 Å². The minimum absolute atomic E-state index is 0.0208. The van der Waals surface area contributed by atoms with Crippen LogP contribution in [0.1, 0.15) is 36.7 Å². The molecule has 3 heterocycles. The number of imidazole rings is 1. The standard InChI is InChI=1S/C22H26N4O2/c1-25-14-11-23-21(25)20(18-7-3-2-4-8-18)24-19(27)17-22(9-15-28-16-10-22)26-12-5-6-13-26/h2-8,11-14,20H,9-10,15-17H2,1H3,(H,24,27)/t20-/m1/s1. The maximum atomic E-state index is 13.2. The van der Waals surface area contributed by atoms with E-state index in [2.05, 4.69) is 14.9 Å². The SMILES string of the molecule is Cn1ccnc1[C@H](NC(=O)CC1(n2cccc2)CCOCC1)c1ccccc1. The van der Waals surface area contributed by atoms with Crippen molar-refractivity contribution in [3.05, 3.63) is 78.6 Å². The first-order valence-corrected chi connectivity index (χ1v) is 9.71. The van der Waals surface area contributed by atoms with E-state index >= 15 is 0 Å². The molecule has 2 aromatic heterocycles. The van der Waals surface area contributed by atoms with E-state index < -0.39 is 0 Å². The number of carbonyl (C=O) groups is 1. The van der Waals surface area contributed by atoms with Gasteiger partial charge in [-0.1, -0.05) is 30.3 Å². The second-order valence-corrected chi connectivity index (χ2v) is 7.41. The third kappa shape index (κ3) is 3.73. The highest BCUT2D eigenvalue weighted by Crippen LogP contribution is 2.33. The second-order valence-electron chi connectivity index (χ2n) is 7.41. The van der Waals surface area contributed by atoms with Crippen LogP contribution in [0.25, 0.3) is 0 Å². The van der Waals surface area contributed by atoms with Crippen molar-refractivity contribution in [2.24, 2.45) is 7.05 Å². The minimum atomic E-state index is -0.282. The van der Waals surface area contributed by atoms with Gasteiger partial charge in [0.2, 0.25) is 5.91 Å². The van der Waals surface area contributed by atoms with Crippen LogP contribution in [0.15, 0.2) is 67.3 Å². The lowest BCUT2D eigenvalue weighted by Gasteiger charge is -2.38. The molecule has 0 radical (unpaired) electrons. The lowest BCUT2D eigenvalue weighted by atomic mass is 9.85. The highest BCUT2D eigenvalue weighted by molar-refractivity contribution is 5.78. The molecule has 3 aromatic rings. The predicted octanol–water partition coefficient (Wildman–Crippen LogP) is 3.02. The van der Waals surface area contributed by atoms with E-state index in [-0.39, 0.29) is 17.5 Å². The Balaban J connectivity index is 1.58. The van der Waals surface area contributed by atoms with Crippen molar-refractivity contribution in [3.8, 4) is 0 Å². The van der Waals surface area contributed by atoms with Crippen LogP contribution in [0.3, 0.4) is 0 Å². The lowest BCUT2D eigenvalue weighted by Crippen LogP contribution is -2.44. The highest BCUT2D eigenvalue weighted by Gasteiger charge is 2.37. The van der Waals surface area contributed by atoms with Crippen molar-refractivity contribution in [1.82, 2.24) is 19.4 Å². The number of nitrogens with zero attached hydrogens (tertiary/aromatic N) is 3. The summed E-state index contributed by atoms with van der Waals surface area (Å²) in [5.74, 6) is 0.842. The van der Waals surface area contributed by atoms with Crippen LogP contribution in [-0.2, 0) is 22.1 Å². The number of aromatic nitrogens is 3. The van der Waals surface area contributed by atoms with Gasteiger partial charge in [0.05, 0.1) is 12.0 Å². The van der Waals surface area contributed by atoms with Crippen molar-refractivity contribution in [3.63, 3.8) is 0 Å². The first-order chi connectivity index (χ1) is 13.7. The van der Waals surface area contributed by atoms with Gasteiger partial charge in [-0.05, 0) is 30.5 Å². The normalized spacial score (nSPS) is 17.2. The van der Waals surface area contributed by atoms with Gasteiger partial charge in [-0.2, -0.15) is 0 Å². The smallest absolute Gasteiger partial charge is 0.223 e. The third-order valence-corrected chi connectivity index (χ3v) is 5.62. The quantitative estimate of drug-likeness (QED) is 0.717. The first kappa shape index (κ1) is 18.5. The van der Waals surface area contributed by atoms with Crippen molar-refractivity contribution in [2.45, 2.75) is 30.8 Å². The van der Waals surface area contributed by atoms with Crippen LogP contribution in [0, 0.1) is 0 Å². The summed E-state index contributed by atoms with van der Waals surface area (Å²) in [5, 5.41) is 3.23. The highest BCUT2D eigenvalue weighted by atomic mass is 16.5. The average molecular weight is 378 g/mol. The number of carbonyl (C=O) groups excluding carboxylic acids is 1. The molecule has 1 aromatic carbocycles. The molecule has 1 aliphatic heterocycles. The lowest BCUT2D eigenvalue weighted by molar-refractivity contribution is -0.125. The van der Waals surface area contributed by atoms with E-state index in [1.165, 1.54) is 0 Å². The fourth-order valence-electron chi connectivity index (χ4n) is 4.04. The summed E-state index contributed by atoms with van der Waals surface area (Å²) in [6, 6.07) is 13.7. The molecule has 1 saturated heterocycles. The molecule has 6 nitrogen and oxygen atoms in total. The van der Waals surface area contributed by atoms with Gasteiger partial charge in [0.25, 0.3) is 0 Å². The van der Waals surface area contributed by atoms with E-state index in [0.29, 0.717) is 19.6 Å². The predicted molar refractivity (Wildman–Crippen MR) is 107 cm³/mol. The molecule has 146 valence electrons. The zero-order chi connectivity index (χ0) is 19.4. The average Bonchev–Trinajstić information content (AvgIpc) is 3.40. The molecule has 28 heavy (non-hydrogen) atoms. The van der Waals surface area contributed by atoms with Gasteiger partial charge in [-0.25, -0.2) is 4.98 Å². The Hall–Kier alpha value is -2.86.